The molecule has 0 aromatic heterocycles. The van der Waals surface area contributed by atoms with Crippen molar-refractivity contribution in [1.82, 2.24) is 0 Å². The minimum Gasteiger partial charge on any atom is -0.545 e. The molecule has 0 heterocycles. The topological polar surface area (TPSA) is 111 Å². The van der Waals surface area contributed by atoms with Crippen molar-refractivity contribution >= 4 is 17.9 Å². The van der Waals surface area contributed by atoms with Gasteiger partial charge in [-0.05, 0) is 148 Å². The van der Waals surface area contributed by atoms with Crippen LogP contribution in [-0.4, -0.2) is 82.3 Å². The molecule has 568 valence electrons. The lowest BCUT2D eigenvalue weighted by Crippen LogP contribution is -2.44. The van der Waals surface area contributed by atoms with Crippen molar-refractivity contribution in [2.45, 2.75) is 309 Å². The van der Waals surface area contributed by atoms with E-state index < -0.39 is 24.3 Å². The van der Waals surface area contributed by atoms with E-state index in [0.29, 0.717) is 17.4 Å². The quantitative estimate of drug-likeness (QED) is 0.0195. The van der Waals surface area contributed by atoms with Crippen LogP contribution in [0.2, 0.25) is 0 Å². The normalized spacial score (nSPS) is 13.8. The Morgan fingerprint density at radius 3 is 0.792 bits per heavy atom. The summed E-state index contributed by atoms with van der Waals surface area (Å²) in [5, 5.41) is 11.9. The molecule has 2 atom stereocenters. The molecule has 0 fully saturated rings. The van der Waals surface area contributed by atoms with Gasteiger partial charge in [-0.25, -0.2) is 0 Å². The Hall–Kier alpha value is -6.13. The van der Waals surface area contributed by atoms with E-state index in [1.165, 1.54) is 109 Å². The molecule has 0 aliphatic carbocycles. The number of carbonyl (C=O) groups is 3. The highest BCUT2D eigenvalue weighted by Crippen LogP contribution is 2.17. The standard InChI is InChI=1S/C92H147NO8/c1-6-8-10-12-14-16-18-20-22-24-26-28-30-32-34-36-38-40-42-43-44-45-46-47-49-50-52-54-56-58-60-62-64-66-68-70-72-74-76-78-80-82-89(94)99-86-88(87-100-92(91(96)97)98-85-84-93(3,4)5)101-90(95)83-81-79-77-75-73-71-69-67-65-63-61-59-57-55-53-51-48-41-39-37-35-33-31-29-27-25-23-21-19-17-15-13-11-9-7-2/h8-11,14-17,20-23,26-29,32-35,38-41,43-44,46-47,51,53,57,59,63,65,88,92H,6-7,12-13,18-19,24-25,30-31,36-37,42,45,48-50,52,54-56,58,60-62,64,66-87H2,1-5H3/b10-8-,11-9-,16-14-,17-15-,22-20-,23-21-,28-26-,29-27-,34-32-,35-33-,40-38-,41-39-,44-43-,47-46-,53-51-,59-57-,65-63-. The van der Waals surface area contributed by atoms with E-state index in [-0.39, 0.29) is 38.6 Å². The summed E-state index contributed by atoms with van der Waals surface area (Å²) >= 11 is 0. The SMILES string of the molecule is CC/C=C\C/C=C\C/C=C\C/C=C\C/C=C\C/C=C\C/C=C\C/C=C\C/C=C\CCCCCCCCCC(=O)OC(COC(=O)CCCCCCCCCCCCCCCCCC/C=C\C/C=C\C/C=C\C/C=C\C/C=C\C/C=C\C/C=C\C/C=C\CC)COC(OCC[N+](C)(C)C)C(=O)[O-]. The van der Waals surface area contributed by atoms with Crippen molar-refractivity contribution in [2.24, 2.45) is 0 Å². The molecular weight excluding hydrogens is 1250 g/mol. The number of carboxylic acid groups (broad SMARTS) is 1. The van der Waals surface area contributed by atoms with Gasteiger partial charge in [-0.2, -0.15) is 0 Å². The summed E-state index contributed by atoms with van der Waals surface area (Å²) in [4.78, 5) is 37.6. The number of hydrogen-bond acceptors (Lipinski definition) is 8. The summed E-state index contributed by atoms with van der Waals surface area (Å²) in [5.41, 5.74) is 0. The lowest BCUT2D eigenvalue weighted by atomic mass is 10.0. The first kappa shape index (κ1) is 94.9. The maximum absolute atomic E-state index is 13.0. The van der Waals surface area contributed by atoms with Gasteiger partial charge in [0.05, 0.1) is 40.3 Å². The first-order chi connectivity index (χ1) is 49.6. The molecule has 0 spiro atoms. The van der Waals surface area contributed by atoms with Crippen molar-refractivity contribution in [3.8, 4) is 0 Å². The van der Waals surface area contributed by atoms with Crippen LogP contribution in [0.15, 0.2) is 207 Å². The lowest BCUT2D eigenvalue weighted by molar-refractivity contribution is -0.870. The fourth-order valence-electron chi connectivity index (χ4n) is 10.5. The Morgan fingerprint density at radius 1 is 0.297 bits per heavy atom. The Bertz CT molecular complexity index is 2420. The molecule has 101 heavy (non-hydrogen) atoms. The summed E-state index contributed by atoms with van der Waals surface area (Å²) in [5.74, 6) is -2.31. The molecule has 0 rings (SSSR count). The van der Waals surface area contributed by atoms with E-state index in [1.54, 1.807) is 0 Å². The molecule has 0 aromatic rings. The van der Waals surface area contributed by atoms with Crippen molar-refractivity contribution in [3.05, 3.63) is 207 Å². The number of quaternary nitrogens is 1. The van der Waals surface area contributed by atoms with Gasteiger partial charge >= 0.3 is 11.9 Å². The van der Waals surface area contributed by atoms with Crippen molar-refractivity contribution in [3.63, 3.8) is 0 Å². The van der Waals surface area contributed by atoms with E-state index in [2.05, 4.69) is 220 Å². The smallest absolute Gasteiger partial charge is 0.306 e. The van der Waals surface area contributed by atoms with E-state index in [9.17, 15) is 19.5 Å². The molecule has 0 aromatic carbocycles. The maximum Gasteiger partial charge on any atom is 0.306 e. The number of carbonyl (C=O) groups excluding carboxylic acids is 3. The number of allylic oxidation sites excluding steroid dienone is 34. The Kier molecular flexibility index (Phi) is 74.7. The van der Waals surface area contributed by atoms with Crippen LogP contribution in [0.4, 0.5) is 0 Å². The number of nitrogens with zero attached hydrogens (tertiary/aromatic N) is 1. The third-order valence-corrected chi connectivity index (χ3v) is 16.5. The highest BCUT2D eigenvalue weighted by Gasteiger charge is 2.22. The zero-order chi connectivity index (χ0) is 73.2. The fourth-order valence-corrected chi connectivity index (χ4v) is 10.5. The van der Waals surface area contributed by atoms with Crippen LogP contribution in [0, 0.1) is 0 Å². The first-order valence-electron chi connectivity index (χ1n) is 40.2. The molecule has 0 saturated heterocycles. The van der Waals surface area contributed by atoms with E-state index in [0.717, 1.165) is 154 Å². The molecule has 0 aliphatic heterocycles. The van der Waals surface area contributed by atoms with Gasteiger partial charge in [0.1, 0.15) is 13.2 Å². The molecular formula is C92H147NO8. The molecule has 0 aliphatic rings. The predicted octanol–water partition coefficient (Wildman–Crippen LogP) is 24.9. The van der Waals surface area contributed by atoms with Gasteiger partial charge in [0.25, 0.3) is 0 Å². The number of carboxylic acids is 1. The highest BCUT2D eigenvalue weighted by molar-refractivity contribution is 5.70. The Morgan fingerprint density at radius 2 is 0.535 bits per heavy atom. The monoisotopic (exact) mass is 1390 g/mol. The van der Waals surface area contributed by atoms with Gasteiger partial charge < -0.3 is 33.3 Å². The number of esters is 2. The number of unbranched alkanes of at least 4 members (excludes halogenated alkanes) is 23. The second-order valence-electron chi connectivity index (χ2n) is 27.2. The number of aliphatic carboxylic acids is 1. The van der Waals surface area contributed by atoms with E-state index in [1.807, 2.05) is 21.1 Å². The summed E-state index contributed by atoms with van der Waals surface area (Å²) in [6.45, 7) is 4.50. The van der Waals surface area contributed by atoms with E-state index in [4.69, 9.17) is 18.9 Å². The zero-order valence-corrected chi connectivity index (χ0v) is 64.9. The minimum atomic E-state index is -1.64. The van der Waals surface area contributed by atoms with Gasteiger partial charge in [0.15, 0.2) is 12.4 Å². The second kappa shape index (κ2) is 79.6. The first-order valence-corrected chi connectivity index (χ1v) is 40.2. The fraction of sp³-hybridized carbons (Fsp3) is 0.598. The van der Waals surface area contributed by atoms with Crippen LogP contribution in [0.3, 0.4) is 0 Å². The van der Waals surface area contributed by atoms with Crippen LogP contribution < -0.4 is 5.11 Å². The lowest BCUT2D eigenvalue weighted by Gasteiger charge is -2.26. The summed E-state index contributed by atoms with van der Waals surface area (Å²) < 4.78 is 22.8. The Labute approximate surface area is 620 Å². The molecule has 0 radical (unpaired) electrons. The molecule has 9 heteroatoms. The summed E-state index contributed by atoms with van der Waals surface area (Å²) in [7, 11) is 5.92. The Balaban J connectivity index is 4.12. The van der Waals surface area contributed by atoms with Crippen molar-refractivity contribution < 1.29 is 42.9 Å². The third-order valence-electron chi connectivity index (χ3n) is 16.5. The molecule has 0 bridgehead atoms. The minimum absolute atomic E-state index is 0.136. The average molecular weight is 1400 g/mol. The van der Waals surface area contributed by atoms with Gasteiger partial charge in [-0.15, -0.1) is 0 Å². The molecule has 2 unspecified atom stereocenters. The number of ether oxygens (including phenoxy) is 4. The molecule has 9 nitrogen and oxygen atoms in total. The predicted molar refractivity (Wildman–Crippen MR) is 434 cm³/mol. The number of rotatable bonds is 72. The van der Waals surface area contributed by atoms with E-state index >= 15 is 0 Å². The largest absolute Gasteiger partial charge is 0.545 e. The third kappa shape index (κ3) is 81.0. The summed E-state index contributed by atoms with van der Waals surface area (Å²) in [6, 6.07) is 0. The molecule has 0 saturated carbocycles. The molecule has 0 amide bonds. The summed E-state index contributed by atoms with van der Waals surface area (Å²) in [6.07, 6.45) is 121. The number of hydrogen-bond donors (Lipinski definition) is 0. The van der Waals surface area contributed by atoms with Crippen LogP contribution in [0.25, 0.3) is 0 Å². The van der Waals surface area contributed by atoms with Crippen LogP contribution in [0.1, 0.15) is 296 Å². The van der Waals surface area contributed by atoms with Crippen LogP contribution in [-0.2, 0) is 33.3 Å². The molecule has 0 N–H and O–H groups in total. The van der Waals surface area contributed by atoms with Crippen LogP contribution >= 0.6 is 0 Å². The zero-order valence-electron chi connectivity index (χ0n) is 64.9. The van der Waals surface area contributed by atoms with Crippen molar-refractivity contribution in [1.29, 1.82) is 0 Å². The maximum atomic E-state index is 13.0. The average Bonchev–Trinajstić information content (AvgIpc) is 1.25. The van der Waals surface area contributed by atoms with Crippen molar-refractivity contribution in [2.75, 3.05) is 47.5 Å². The van der Waals surface area contributed by atoms with Gasteiger partial charge in [0.2, 0.25) is 0 Å². The van der Waals surface area contributed by atoms with Gasteiger partial charge in [-0.1, -0.05) is 342 Å². The second-order valence-corrected chi connectivity index (χ2v) is 27.2. The van der Waals surface area contributed by atoms with Crippen LogP contribution in [0.5, 0.6) is 0 Å². The highest BCUT2D eigenvalue weighted by atomic mass is 16.7. The van der Waals surface area contributed by atoms with Gasteiger partial charge in [-0.3, -0.25) is 9.59 Å². The van der Waals surface area contributed by atoms with Gasteiger partial charge in [0, 0.05) is 12.8 Å². The number of likely N-dealkylation sites (N-methyl/N-ethyl adjacent to an activating group) is 1.